The molecule has 1 N–H and O–H groups in total. The molecule has 0 spiro atoms. The van der Waals surface area contributed by atoms with E-state index in [1.807, 2.05) is 31.2 Å². The van der Waals surface area contributed by atoms with Crippen LogP contribution in [0.1, 0.15) is 23.0 Å². The van der Waals surface area contributed by atoms with Crippen LogP contribution in [0.4, 0.5) is 0 Å². The van der Waals surface area contributed by atoms with Crippen molar-refractivity contribution in [2.24, 2.45) is 0 Å². The van der Waals surface area contributed by atoms with Crippen molar-refractivity contribution in [1.29, 1.82) is 0 Å². The second-order valence-electron chi connectivity index (χ2n) is 3.61. The van der Waals surface area contributed by atoms with Crippen LogP contribution in [0.3, 0.4) is 0 Å². The van der Waals surface area contributed by atoms with Crippen LogP contribution in [0.2, 0.25) is 0 Å². The van der Waals surface area contributed by atoms with Gasteiger partial charge in [-0.05, 0) is 18.1 Å². The summed E-state index contributed by atoms with van der Waals surface area (Å²) in [5, 5.41) is 8.83. The third-order valence-electron chi connectivity index (χ3n) is 2.43. The quantitative estimate of drug-likeness (QED) is 0.894. The summed E-state index contributed by atoms with van der Waals surface area (Å²) in [7, 11) is 0. The molecule has 18 heavy (non-hydrogen) atoms. The first-order valence-electron chi connectivity index (χ1n) is 5.51. The molecule has 1 aromatic heterocycles. The van der Waals surface area contributed by atoms with E-state index in [4.69, 9.17) is 9.84 Å². The highest BCUT2D eigenvalue weighted by Gasteiger charge is 2.08. The Bertz CT molecular complexity index is 570. The van der Waals surface area contributed by atoms with Gasteiger partial charge in [0.2, 0.25) is 5.88 Å². The van der Waals surface area contributed by atoms with E-state index in [1.54, 1.807) is 0 Å². The van der Waals surface area contributed by atoms with E-state index in [1.165, 1.54) is 12.4 Å². The molecule has 0 aliphatic heterocycles. The number of carbonyl (C=O) groups is 1. The van der Waals surface area contributed by atoms with Gasteiger partial charge in [-0.3, -0.25) is 0 Å². The topological polar surface area (TPSA) is 72.3 Å². The van der Waals surface area contributed by atoms with Gasteiger partial charge in [0, 0.05) is 6.07 Å². The van der Waals surface area contributed by atoms with Gasteiger partial charge >= 0.3 is 5.97 Å². The number of hydrogen-bond acceptors (Lipinski definition) is 4. The summed E-state index contributed by atoms with van der Waals surface area (Å²) in [6, 6.07) is 8.85. The molecule has 5 nitrogen and oxygen atoms in total. The first-order chi connectivity index (χ1) is 8.70. The minimum Gasteiger partial charge on any atom is -0.477 e. The third kappa shape index (κ3) is 2.63. The van der Waals surface area contributed by atoms with E-state index in [2.05, 4.69) is 9.97 Å². The molecule has 2 aromatic rings. The van der Waals surface area contributed by atoms with Crippen molar-refractivity contribution in [3.05, 3.63) is 47.9 Å². The van der Waals surface area contributed by atoms with Crippen LogP contribution in [0, 0.1) is 0 Å². The van der Waals surface area contributed by atoms with Crippen molar-refractivity contribution >= 4 is 5.97 Å². The van der Waals surface area contributed by atoms with Gasteiger partial charge in [0.15, 0.2) is 5.69 Å². The molecule has 0 saturated heterocycles. The summed E-state index contributed by atoms with van der Waals surface area (Å²) < 4.78 is 5.58. The maximum absolute atomic E-state index is 10.8. The minimum atomic E-state index is -1.11. The normalized spacial score (nSPS) is 10.1. The van der Waals surface area contributed by atoms with Gasteiger partial charge in [-0.2, -0.15) is 0 Å². The summed E-state index contributed by atoms with van der Waals surface area (Å²) in [4.78, 5) is 18.3. The Morgan fingerprint density at radius 1 is 1.33 bits per heavy atom. The van der Waals surface area contributed by atoms with E-state index in [9.17, 15) is 4.79 Å². The van der Waals surface area contributed by atoms with Crippen LogP contribution in [0.25, 0.3) is 0 Å². The zero-order valence-corrected chi connectivity index (χ0v) is 9.83. The second kappa shape index (κ2) is 5.27. The molecule has 92 valence electrons. The summed E-state index contributed by atoms with van der Waals surface area (Å²) in [6.07, 6.45) is 2.00. The average Bonchev–Trinajstić information content (AvgIpc) is 2.39. The molecule has 0 aliphatic rings. The first kappa shape index (κ1) is 12.0. The monoisotopic (exact) mass is 244 g/mol. The first-order valence-corrected chi connectivity index (χ1v) is 5.51. The summed E-state index contributed by atoms with van der Waals surface area (Å²) in [5.74, 6) is -0.204. The van der Waals surface area contributed by atoms with Crippen LogP contribution in [-0.4, -0.2) is 21.0 Å². The summed E-state index contributed by atoms with van der Waals surface area (Å²) in [6.45, 7) is 2.02. The van der Waals surface area contributed by atoms with Crippen molar-refractivity contribution in [3.63, 3.8) is 0 Å². The van der Waals surface area contributed by atoms with Crippen molar-refractivity contribution in [3.8, 4) is 11.6 Å². The fraction of sp³-hybridized carbons (Fsp3) is 0.154. The molecule has 0 fully saturated rings. The van der Waals surface area contributed by atoms with Crippen LogP contribution in [0.15, 0.2) is 36.7 Å². The number of aromatic carboxylic acids is 1. The lowest BCUT2D eigenvalue weighted by molar-refractivity contribution is 0.0689. The fourth-order valence-electron chi connectivity index (χ4n) is 1.52. The number of aryl methyl sites for hydroxylation is 1. The number of carboxylic acids is 1. The SMILES string of the molecule is CCc1ccccc1Oc1cc(C(=O)O)ncn1. The van der Waals surface area contributed by atoms with E-state index in [0.717, 1.165) is 12.0 Å². The molecule has 1 heterocycles. The number of carboxylic acid groups (broad SMARTS) is 1. The molecule has 0 aliphatic carbocycles. The van der Waals surface area contributed by atoms with E-state index in [-0.39, 0.29) is 11.6 Å². The number of para-hydroxylation sites is 1. The minimum absolute atomic E-state index is 0.0889. The van der Waals surface area contributed by atoms with E-state index >= 15 is 0 Å². The smallest absolute Gasteiger partial charge is 0.354 e. The van der Waals surface area contributed by atoms with Crippen LogP contribution in [-0.2, 0) is 6.42 Å². The number of hydrogen-bond donors (Lipinski definition) is 1. The lowest BCUT2D eigenvalue weighted by Gasteiger charge is -2.08. The number of nitrogens with zero attached hydrogens (tertiary/aromatic N) is 2. The lowest BCUT2D eigenvalue weighted by atomic mass is 10.1. The molecule has 0 bridgehead atoms. The maximum atomic E-state index is 10.8. The highest BCUT2D eigenvalue weighted by atomic mass is 16.5. The molecule has 2 rings (SSSR count). The van der Waals surface area contributed by atoms with Gasteiger partial charge in [-0.25, -0.2) is 14.8 Å². The largest absolute Gasteiger partial charge is 0.477 e. The molecule has 0 saturated carbocycles. The Kier molecular flexibility index (Phi) is 3.52. The fourth-order valence-corrected chi connectivity index (χ4v) is 1.52. The van der Waals surface area contributed by atoms with Crippen molar-refractivity contribution in [2.45, 2.75) is 13.3 Å². The standard InChI is InChI=1S/C13H12N2O3/c1-2-9-5-3-4-6-11(9)18-12-7-10(13(16)17)14-8-15-12/h3-8H,2H2,1H3,(H,16,17). The van der Waals surface area contributed by atoms with Crippen LogP contribution < -0.4 is 4.74 Å². The highest BCUT2D eigenvalue weighted by molar-refractivity contribution is 5.85. The number of benzene rings is 1. The molecular formula is C13H12N2O3. The predicted molar refractivity (Wildman–Crippen MR) is 64.9 cm³/mol. The zero-order chi connectivity index (χ0) is 13.0. The Hall–Kier alpha value is -2.43. The molecule has 0 radical (unpaired) electrons. The van der Waals surface area contributed by atoms with Gasteiger partial charge in [-0.15, -0.1) is 0 Å². The highest BCUT2D eigenvalue weighted by Crippen LogP contribution is 2.24. The van der Waals surface area contributed by atoms with Gasteiger partial charge in [0.1, 0.15) is 12.1 Å². The van der Waals surface area contributed by atoms with Gasteiger partial charge < -0.3 is 9.84 Å². The van der Waals surface area contributed by atoms with Crippen LogP contribution >= 0.6 is 0 Å². The lowest BCUT2D eigenvalue weighted by Crippen LogP contribution is -2.01. The number of aromatic nitrogens is 2. The summed E-state index contributed by atoms with van der Waals surface area (Å²) >= 11 is 0. The summed E-state index contributed by atoms with van der Waals surface area (Å²) in [5.41, 5.74) is 0.946. The third-order valence-corrected chi connectivity index (χ3v) is 2.43. The van der Waals surface area contributed by atoms with E-state index in [0.29, 0.717) is 5.75 Å². The van der Waals surface area contributed by atoms with Crippen molar-refractivity contribution < 1.29 is 14.6 Å². The van der Waals surface area contributed by atoms with Gasteiger partial charge in [-0.1, -0.05) is 25.1 Å². The Morgan fingerprint density at radius 2 is 2.11 bits per heavy atom. The Morgan fingerprint density at radius 3 is 2.83 bits per heavy atom. The number of rotatable bonds is 4. The average molecular weight is 244 g/mol. The van der Waals surface area contributed by atoms with E-state index < -0.39 is 5.97 Å². The predicted octanol–water partition coefficient (Wildman–Crippen LogP) is 2.53. The molecule has 0 unspecified atom stereocenters. The molecular weight excluding hydrogens is 232 g/mol. The number of ether oxygens (including phenoxy) is 1. The Labute approximate surface area is 104 Å². The zero-order valence-electron chi connectivity index (χ0n) is 9.83. The molecule has 0 atom stereocenters. The van der Waals surface area contributed by atoms with Gasteiger partial charge in [0.05, 0.1) is 0 Å². The van der Waals surface area contributed by atoms with Crippen molar-refractivity contribution in [1.82, 2.24) is 9.97 Å². The second-order valence-corrected chi connectivity index (χ2v) is 3.61. The Balaban J connectivity index is 2.28. The molecule has 0 amide bonds. The molecule has 5 heteroatoms. The van der Waals surface area contributed by atoms with Crippen molar-refractivity contribution in [2.75, 3.05) is 0 Å². The van der Waals surface area contributed by atoms with Crippen LogP contribution in [0.5, 0.6) is 11.6 Å². The molecule has 1 aromatic carbocycles. The van der Waals surface area contributed by atoms with Gasteiger partial charge in [0.25, 0.3) is 0 Å². The maximum Gasteiger partial charge on any atom is 0.354 e.